The van der Waals surface area contributed by atoms with Gasteiger partial charge in [-0.15, -0.1) is 11.3 Å². The Balaban J connectivity index is 1.43. The van der Waals surface area contributed by atoms with Gasteiger partial charge in [-0.25, -0.2) is 4.39 Å². The van der Waals surface area contributed by atoms with Crippen LogP contribution in [0.15, 0.2) is 66.0 Å². The maximum Gasteiger partial charge on any atom is 0.265 e. The summed E-state index contributed by atoms with van der Waals surface area (Å²) in [6.07, 6.45) is -0.917. The molecule has 3 rings (SSSR count). The molecule has 1 aromatic heterocycles. The van der Waals surface area contributed by atoms with Crippen molar-refractivity contribution in [1.29, 1.82) is 0 Å². The smallest absolute Gasteiger partial charge is 0.265 e. The minimum atomic E-state index is -0.917. The van der Waals surface area contributed by atoms with Crippen LogP contribution in [-0.2, 0) is 4.79 Å². The van der Waals surface area contributed by atoms with Gasteiger partial charge in [0, 0.05) is 24.3 Å². The van der Waals surface area contributed by atoms with E-state index in [9.17, 15) is 18.8 Å². The van der Waals surface area contributed by atoms with Gasteiger partial charge < -0.3 is 20.7 Å². The second-order valence-electron chi connectivity index (χ2n) is 6.75. The van der Waals surface area contributed by atoms with E-state index in [2.05, 4.69) is 16.0 Å². The van der Waals surface area contributed by atoms with Crippen molar-refractivity contribution in [2.45, 2.75) is 13.0 Å². The van der Waals surface area contributed by atoms with E-state index in [1.807, 2.05) is 5.38 Å². The van der Waals surface area contributed by atoms with Gasteiger partial charge in [0.1, 0.15) is 0 Å². The van der Waals surface area contributed by atoms with Crippen molar-refractivity contribution in [3.63, 3.8) is 0 Å². The number of hydrogen-bond donors (Lipinski definition) is 3. The third kappa shape index (κ3) is 6.39. The van der Waals surface area contributed by atoms with E-state index in [1.54, 1.807) is 42.5 Å². The van der Waals surface area contributed by atoms with Crippen LogP contribution in [0.2, 0.25) is 0 Å². The lowest BCUT2D eigenvalue weighted by Crippen LogP contribution is -2.34. The normalized spacial score (nSPS) is 11.3. The average molecular weight is 456 g/mol. The van der Waals surface area contributed by atoms with Crippen molar-refractivity contribution < 1.29 is 23.5 Å². The number of thiophene rings is 1. The van der Waals surface area contributed by atoms with Crippen molar-refractivity contribution >= 4 is 34.7 Å². The zero-order valence-corrected chi connectivity index (χ0v) is 18.1. The Bertz CT molecular complexity index is 1070. The summed E-state index contributed by atoms with van der Waals surface area (Å²) in [6.45, 7) is 2.09. The molecule has 0 aliphatic rings. The number of hydrogen-bond acceptors (Lipinski definition) is 5. The lowest BCUT2D eigenvalue weighted by molar-refractivity contribution is -0.122. The summed E-state index contributed by atoms with van der Waals surface area (Å²) < 4.78 is 19.0. The molecule has 1 atom stereocenters. The summed E-state index contributed by atoms with van der Waals surface area (Å²) >= 11 is 1.35. The maximum atomic E-state index is 13.7. The van der Waals surface area contributed by atoms with Gasteiger partial charge in [0.15, 0.2) is 17.7 Å². The van der Waals surface area contributed by atoms with Crippen LogP contribution in [0.3, 0.4) is 0 Å². The van der Waals surface area contributed by atoms with Crippen LogP contribution in [0, 0.1) is 5.82 Å². The van der Waals surface area contributed by atoms with Gasteiger partial charge in [0.05, 0.1) is 4.88 Å². The Labute approximate surface area is 188 Å². The first-order chi connectivity index (χ1) is 15.4. The highest BCUT2D eigenvalue weighted by molar-refractivity contribution is 7.12. The molecule has 2 aromatic carbocycles. The van der Waals surface area contributed by atoms with Crippen molar-refractivity contribution in [1.82, 2.24) is 10.6 Å². The first kappa shape index (κ1) is 23.0. The highest BCUT2D eigenvalue weighted by atomic mass is 32.1. The van der Waals surface area contributed by atoms with E-state index in [0.717, 1.165) is 0 Å². The van der Waals surface area contributed by atoms with E-state index in [-0.39, 0.29) is 24.1 Å². The molecule has 0 aliphatic carbocycles. The minimum Gasteiger partial charge on any atom is -0.478 e. The molecule has 1 unspecified atom stereocenters. The van der Waals surface area contributed by atoms with Gasteiger partial charge >= 0.3 is 0 Å². The number of nitrogens with one attached hydrogen (secondary N) is 3. The number of rotatable bonds is 9. The lowest BCUT2D eigenvalue weighted by Gasteiger charge is -2.15. The predicted molar refractivity (Wildman–Crippen MR) is 121 cm³/mol. The highest BCUT2D eigenvalue weighted by Gasteiger charge is 2.17. The van der Waals surface area contributed by atoms with E-state index in [4.69, 9.17) is 4.74 Å². The van der Waals surface area contributed by atoms with Crippen molar-refractivity contribution in [2.24, 2.45) is 0 Å². The molecule has 0 saturated carbocycles. The second-order valence-corrected chi connectivity index (χ2v) is 7.69. The van der Waals surface area contributed by atoms with Crippen molar-refractivity contribution in [3.05, 3.63) is 82.3 Å². The average Bonchev–Trinajstić information content (AvgIpc) is 3.33. The summed E-state index contributed by atoms with van der Waals surface area (Å²) in [7, 11) is 0. The van der Waals surface area contributed by atoms with Gasteiger partial charge in [0.25, 0.3) is 17.7 Å². The molecule has 0 spiro atoms. The monoisotopic (exact) mass is 455 g/mol. The molecule has 3 aromatic rings. The van der Waals surface area contributed by atoms with Crippen molar-refractivity contribution in [2.75, 3.05) is 18.4 Å². The van der Waals surface area contributed by atoms with Crippen LogP contribution in [0.25, 0.3) is 0 Å². The third-order valence-electron chi connectivity index (χ3n) is 4.37. The van der Waals surface area contributed by atoms with Crippen molar-refractivity contribution in [3.8, 4) is 5.75 Å². The van der Waals surface area contributed by atoms with E-state index in [1.165, 1.54) is 36.5 Å². The Morgan fingerprint density at radius 2 is 1.62 bits per heavy atom. The summed E-state index contributed by atoms with van der Waals surface area (Å²) in [4.78, 5) is 37.0. The van der Waals surface area contributed by atoms with Crippen LogP contribution in [0.5, 0.6) is 5.75 Å². The summed E-state index contributed by atoms with van der Waals surface area (Å²) in [5.74, 6) is -1.48. The fraction of sp³-hybridized carbons (Fsp3) is 0.174. The standard InChI is InChI=1S/C23H22FN3O4S/c1-15(31-19-6-3-2-5-18(19)24)21(28)27-17-10-8-16(9-11-17)22(29)25-12-13-26-23(30)20-7-4-14-32-20/h2-11,14-15H,12-13H2,1H3,(H,25,29)(H,26,30)(H,27,28). The molecule has 1 heterocycles. The van der Waals surface area contributed by atoms with Gasteiger partial charge in [-0.05, 0) is 54.8 Å². The maximum absolute atomic E-state index is 13.7. The third-order valence-corrected chi connectivity index (χ3v) is 5.23. The molecule has 3 N–H and O–H groups in total. The van der Waals surface area contributed by atoms with Crippen LogP contribution in [-0.4, -0.2) is 36.9 Å². The molecule has 9 heteroatoms. The molecule has 166 valence electrons. The fourth-order valence-corrected chi connectivity index (χ4v) is 3.32. The number of benzene rings is 2. The Morgan fingerprint density at radius 3 is 2.28 bits per heavy atom. The largest absolute Gasteiger partial charge is 0.478 e. The number of carbonyl (C=O) groups excluding carboxylic acids is 3. The summed E-state index contributed by atoms with van der Waals surface area (Å²) in [5, 5.41) is 9.93. The van der Waals surface area contributed by atoms with Gasteiger partial charge in [0.2, 0.25) is 0 Å². The molecule has 0 radical (unpaired) electrons. The fourth-order valence-electron chi connectivity index (χ4n) is 2.68. The van der Waals surface area contributed by atoms with Crippen LogP contribution in [0.4, 0.5) is 10.1 Å². The number of halogens is 1. The van der Waals surface area contributed by atoms with Gasteiger partial charge in [-0.1, -0.05) is 18.2 Å². The number of ether oxygens (including phenoxy) is 1. The van der Waals surface area contributed by atoms with Crippen LogP contribution < -0.4 is 20.7 Å². The van der Waals surface area contributed by atoms with Crippen LogP contribution >= 0.6 is 11.3 Å². The van der Waals surface area contributed by atoms with E-state index >= 15 is 0 Å². The molecule has 0 fully saturated rings. The van der Waals surface area contributed by atoms with Crippen LogP contribution in [0.1, 0.15) is 27.0 Å². The minimum absolute atomic E-state index is 0.00579. The highest BCUT2D eigenvalue weighted by Crippen LogP contribution is 2.18. The lowest BCUT2D eigenvalue weighted by atomic mass is 10.2. The Morgan fingerprint density at radius 1 is 0.938 bits per heavy atom. The molecule has 3 amide bonds. The zero-order valence-electron chi connectivity index (χ0n) is 17.3. The molecule has 7 nitrogen and oxygen atoms in total. The molecule has 32 heavy (non-hydrogen) atoms. The number of anilines is 1. The number of carbonyl (C=O) groups is 3. The van der Waals surface area contributed by atoms with E-state index in [0.29, 0.717) is 22.7 Å². The van der Waals surface area contributed by atoms with Gasteiger partial charge in [-0.2, -0.15) is 0 Å². The van der Waals surface area contributed by atoms with Gasteiger partial charge in [-0.3, -0.25) is 14.4 Å². The Kier molecular flexibility index (Phi) is 7.93. The molecular formula is C23H22FN3O4S. The Hall–Kier alpha value is -3.72. The number of para-hydroxylation sites is 1. The SMILES string of the molecule is CC(Oc1ccccc1F)C(=O)Nc1ccc(C(=O)NCCNC(=O)c2cccs2)cc1. The zero-order chi connectivity index (χ0) is 22.9. The van der Waals surface area contributed by atoms with E-state index < -0.39 is 17.8 Å². The number of amides is 3. The predicted octanol–water partition coefficient (Wildman–Crippen LogP) is 3.45. The molecule has 0 saturated heterocycles. The molecule has 0 aliphatic heterocycles. The summed E-state index contributed by atoms with van der Waals surface area (Å²) in [6, 6.07) is 15.7. The molecular weight excluding hydrogens is 433 g/mol. The molecule has 0 bridgehead atoms. The second kappa shape index (κ2) is 11.1. The topological polar surface area (TPSA) is 96.5 Å². The quantitative estimate of drug-likeness (QED) is 0.431. The first-order valence-electron chi connectivity index (χ1n) is 9.86. The summed E-state index contributed by atoms with van der Waals surface area (Å²) in [5.41, 5.74) is 0.877. The first-order valence-corrected chi connectivity index (χ1v) is 10.7.